The van der Waals surface area contributed by atoms with E-state index in [9.17, 15) is 9.90 Å². The van der Waals surface area contributed by atoms with Crippen LogP contribution in [-0.4, -0.2) is 24.3 Å². The molecule has 0 aliphatic rings. The summed E-state index contributed by atoms with van der Waals surface area (Å²) in [6.07, 6.45) is 1.65. The average molecular weight is 398 g/mol. The Bertz CT molecular complexity index is 733. The summed E-state index contributed by atoms with van der Waals surface area (Å²) in [6, 6.07) is 10.5. The Morgan fingerprint density at radius 1 is 1.39 bits per heavy atom. The quantitative estimate of drug-likeness (QED) is 0.599. The minimum atomic E-state index is -0.236. The zero-order valence-corrected chi connectivity index (χ0v) is 14.6. The van der Waals surface area contributed by atoms with Crippen molar-refractivity contribution in [1.29, 1.82) is 0 Å². The Morgan fingerprint density at radius 3 is 2.74 bits per heavy atom. The molecule has 0 heterocycles. The molecule has 1 amide bonds. The van der Waals surface area contributed by atoms with Crippen LogP contribution in [0.2, 0.25) is 5.02 Å². The van der Waals surface area contributed by atoms with E-state index in [4.69, 9.17) is 16.3 Å². The van der Waals surface area contributed by atoms with Crippen molar-refractivity contribution in [3.8, 4) is 11.5 Å². The highest BCUT2D eigenvalue weighted by Crippen LogP contribution is 2.34. The molecule has 0 atom stereocenters. The number of hydrogen-bond donors (Lipinski definition) is 2. The fraction of sp³-hybridized carbons (Fsp3) is 0.125. The standard InChI is InChI=1S/C16H14BrClN2O3/c1-23-14-7-11(6-13(18)16(14)22)9-19-20-15(21)8-10-2-4-12(17)5-3-10/h2-7,9,22H,8H2,1H3,(H,20,21). The summed E-state index contributed by atoms with van der Waals surface area (Å²) in [5.41, 5.74) is 3.91. The molecule has 0 aliphatic heterocycles. The number of methoxy groups -OCH3 is 1. The lowest BCUT2D eigenvalue weighted by Gasteiger charge is -2.06. The molecule has 2 aromatic carbocycles. The molecule has 0 saturated heterocycles. The van der Waals surface area contributed by atoms with Gasteiger partial charge in [-0.15, -0.1) is 0 Å². The van der Waals surface area contributed by atoms with E-state index in [0.717, 1.165) is 10.0 Å². The number of carbonyl (C=O) groups excluding carboxylic acids is 1. The summed E-state index contributed by atoms with van der Waals surface area (Å²) in [7, 11) is 1.42. The second-order valence-electron chi connectivity index (χ2n) is 4.65. The van der Waals surface area contributed by atoms with Crippen molar-refractivity contribution in [2.45, 2.75) is 6.42 Å². The third-order valence-corrected chi connectivity index (χ3v) is 3.77. The van der Waals surface area contributed by atoms with Gasteiger partial charge in [0, 0.05) is 4.47 Å². The zero-order chi connectivity index (χ0) is 16.8. The molecule has 0 saturated carbocycles. The molecular weight excluding hydrogens is 384 g/mol. The van der Waals surface area contributed by atoms with Crippen molar-refractivity contribution < 1.29 is 14.6 Å². The molecule has 23 heavy (non-hydrogen) atoms. The summed E-state index contributed by atoms with van der Waals surface area (Å²) in [5, 5.41) is 13.7. The van der Waals surface area contributed by atoms with Gasteiger partial charge in [0.25, 0.3) is 0 Å². The third-order valence-electron chi connectivity index (χ3n) is 2.95. The van der Waals surface area contributed by atoms with Gasteiger partial charge in [-0.3, -0.25) is 4.79 Å². The molecule has 0 radical (unpaired) electrons. The lowest BCUT2D eigenvalue weighted by atomic mass is 10.1. The van der Waals surface area contributed by atoms with Crippen molar-refractivity contribution in [3.63, 3.8) is 0 Å². The minimum absolute atomic E-state index is 0.134. The van der Waals surface area contributed by atoms with Gasteiger partial charge in [0.05, 0.1) is 24.8 Å². The Balaban J connectivity index is 1.97. The van der Waals surface area contributed by atoms with Crippen LogP contribution < -0.4 is 10.2 Å². The Kier molecular flexibility index (Phi) is 6.01. The molecule has 7 heteroatoms. The van der Waals surface area contributed by atoms with E-state index in [0.29, 0.717) is 5.56 Å². The maximum Gasteiger partial charge on any atom is 0.244 e. The summed E-state index contributed by atoms with van der Waals surface area (Å²) < 4.78 is 5.95. The van der Waals surface area contributed by atoms with Crippen molar-refractivity contribution in [3.05, 3.63) is 57.0 Å². The fourth-order valence-electron chi connectivity index (χ4n) is 1.83. The monoisotopic (exact) mass is 396 g/mol. The summed E-state index contributed by atoms with van der Waals surface area (Å²) >= 11 is 9.22. The van der Waals surface area contributed by atoms with Gasteiger partial charge >= 0.3 is 0 Å². The molecule has 2 N–H and O–H groups in total. The van der Waals surface area contributed by atoms with Crippen LogP contribution in [0.4, 0.5) is 0 Å². The van der Waals surface area contributed by atoms with Crippen LogP contribution in [-0.2, 0) is 11.2 Å². The first-order chi connectivity index (χ1) is 11.0. The van der Waals surface area contributed by atoms with Crippen molar-refractivity contribution >= 4 is 39.7 Å². The van der Waals surface area contributed by atoms with Crippen LogP contribution in [0.25, 0.3) is 0 Å². The normalized spacial score (nSPS) is 10.7. The van der Waals surface area contributed by atoms with Gasteiger partial charge in [0.2, 0.25) is 5.91 Å². The molecule has 0 fully saturated rings. The van der Waals surface area contributed by atoms with E-state index < -0.39 is 0 Å². The van der Waals surface area contributed by atoms with Gasteiger partial charge in [0.1, 0.15) is 0 Å². The number of amides is 1. The molecule has 0 unspecified atom stereocenters. The summed E-state index contributed by atoms with van der Waals surface area (Å²) in [5.74, 6) is -0.133. The predicted molar refractivity (Wildman–Crippen MR) is 93.3 cm³/mol. The number of halogens is 2. The zero-order valence-electron chi connectivity index (χ0n) is 12.2. The van der Waals surface area contributed by atoms with Crippen LogP contribution in [0, 0.1) is 0 Å². The molecule has 120 valence electrons. The maximum absolute atomic E-state index is 11.8. The SMILES string of the molecule is COc1cc(C=NNC(=O)Cc2ccc(Br)cc2)cc(Cl)c1O. The maximum atomic E-state index is 11.8. The van der Waals surface area contributed by atoms with E-state index in [1.165, 1.54) is 19.4 Å². The molecular formula is C16H14BrClN2O3. The van der Waals surface area contributed by atoms with E-state index in [1.54, 1.807) is 6.07 Å². The number of phenolic OH excluding ortho intramolecular Hbond substituents is 1. The van der Waals surface area contributed by atoms with Gasteiger partial charge in [-0.05, 0) is 35.4 Å². The van der Waals surface area contributed by atoms with Gasteiger partial charge in [-0.2, -0.15) is 5.10 Å². The number of nitrogens with one attached hydrogen (secondary N) is 1. The molecule has 0 bridgehead atoms. The molecule has 2 rings (SSSR count). The van der Waals surface area contributed by atoms with E-state index in [2.05, 4.69) is 26.5 Å². The van der Waals surface area contributed by atoms with Gasteiger partial charge in [-0.25, -0.2) is 5.43 Å². The number of hydrogen-bond acceptors (Lipinski definition) is 4. The Hall–Kier alpha value is -2.05. The third kappa shape index (κ3) is 4.97. The van der Waals surface area contributed by atoms with Crippen molar-refractivity contribution in [2.75, 3.05) is 7.11 Å². The number of carbonyl (C=O) groups is 1. The van der Waals surface area contributed by atoms with Crippen LogP contribution in [0.5, 0.6) is 11.5 Å². The Morgan fingerprint density at radius 2 is 2.09 bits per heavy atom. The van der Waals surface area contributed by atoms with Gasteiger partial charge < -0.3 is 9.84 Å². The summed E-state index contributed by atoms with van der Waals surface area (Å²) in [4.78, 5) is 11.8. The van der Waals surface area contributed by atoms with E-state index in [-0.39, 0.29) is 28.8 Å². The van der Waals surface area contributed by atoms with Crippen LogP contribution in [0.1, 0.15) is 11.1 Å². The van der Waals surface area contributed by atoms with Gasteiger partial charge in [0.15, 0.2) is 11.5 Å². The van der Waals surface area contributed by atoms with E-state index >= 15 is 0 Å². The van der Waals surface area contributed by atoms with Crippen LogP contribution in [0.15, 0.2) is 46.0 Å². The number of aromatic hydroxyl groups is 1. The smallest absolute Gasteiger partial charge is 0.244 e. The highest BCUT2D eigenvalue weighted by molar-refractivity contribution is 9.10. The first-order valence-corrected chi connectivity index (χ1v) is 7.79. The summed E-state index contributed by atoms with van der Waals surface area (Å²) in [6.45, 7) is 0. The second kappa shape index (κ2) is 7.99. The molecule has 0 aromatic heterocycles. The number of hydrazone groups is 1. The van der Waals surface area contributed by atoms with E-state index in [1.807, 2.05) is 24.3 Å². The number of ether oxygens (including phenoxy) is 1. The first kappa shape index (κ1) is 17.3. The average Bonchev–Trinajstić information content (AvgIpc) is 2.53. The number of benzene rings is 2. The first-order valence-electron chi connectivity index (χ1n) is 6.62. The van der Waals surface area contributed by atoms with Crippen LogP contribution >= 0.6 is 27.5 Å². The Labute approximate surface area is 147 Å². The lowest BCUT2D eigenvalue weighted by molar-refractivity contribution is -0.120. The highest BCUT2D eigenvalue weighted by Gasteiger charge is 2.08. The highest BCUT2D eigenvalue weighted by atomic mass is 79.9. The number of phenols is 1. The fourth-order valence-corrected chi connectivity index (χ4v) is 2.31. The molecule has 2 aromatic rings. The lowest BCUT2D eigenvalue weighted by Crippen LogP contribution is -2.19. The largest absolute Gasteiger partial charge is 0.503 e. The predicted octanol–water partition coefficient (Wildman–Crippen LogP) is 3.51. The number of nitrogens with zero attached hydrogens (tertiary/aromatic N) is 1. The van der Waals surface area contributed by atoms with Gasteiger partial charge in [-0.1, -0.05) is 39.7 Å². The molecule has 0 spiro atoms. The van der Waals surface area contributed by atoms with Crippen molar-refractivity contribution in [1.82, 2.24) is 5.43 Å². The second-order valence-corrected chi connectivity index (χ2v) is 5.97. The minimum Gasteiger partial charge on any atom is -0.503 e. The molecule has 5 nitrogen and oxygen atoms in total. The van der Waals surface area contributed by atoms with Crippen molar-refractivity contribution in [2.24, 2.45) is 5.10 Å². The topological polar surface area (TPSA) is 70.9 Å². The number of rotatable bonds is 5. The van der Waals surface area contributed by atoms with Crippen LogP contribution in [0.3, 0.4) is 0 Å². The molecule has 0 aliphatic carbocycles.